The van der Waals surface area contributed by atoms with Gasteiger partial charge < -0.3 is 30.4 Å². The highest BCUT2D eigenvalue weighted by Gasteiger charge is 2.42. The summed E-state index contributed by atoms with van der Waals surface area (Å²) in [6, 6.07) is 10.6. The van der Waals surface area contributed by atoms with Crippen LogP contribution in [0, 0.1) is 0 Å². The van der Waals surface area contributed by atoms with Crippen LogP contribution in [0.3, 0.4) is 0 Å². The zero-order valence-corrected chi connectivity index (χ0v) is 16.0. The number of fused-ring (bicyclic) bond motifs is 1. The van der Waals surface area contributed by atoms with E-state index in [0.717, 1.165) is 10.3 Å². The lowest BCUT2D eigenvalue weighted by Crippen LogP contribution is -2.60. The molecule has 5 unspecified atom stereocenters. The number of aromatic amines is 1. The number of aliphatic hydroxyl groups is 3. The number of aliphatic hydroxyl groups excluding tert-OH is 3. The normalized spacial score (nSPS) is 27.8. The van der Waals surface area contributed by atoms with E-state index in [9.17, 15) is 20.1 Å². The van der Waals surface area contributed by atoms with Gasteiger partial charge in [0.2, 0.25) is 0 Å². The molecule has 0 saturated carbocycles. The van der Waals surface area contributed by atoms with Crippen molar-refractivity contribution >= 4 is 27.9 Å². The molecule has 3 aromatic rings. The van der Waals surface area contributed by atoms with Crippen molar-refractivity contribution in [2.45, 2.75) is 37.4 Å². The number of anilines is 1. The van der Waals surface area contributed by atoms with Gasteiger partial charge in [0, 0.05) is 10.6 Å². The van der Waals surface area contributed by atoms with Gasteiger partial charge in [-0.3, -0.25) is 4.79 Å². The third-order valence-electron chi connectivity index (χ3n) is 5.14. The summed E-state index contributed by atoms with van der Waals surface area (Å²) in [4.78, 5) is 16.3. The van der Waals surface area contributed by atoms with Gasteiger partial charge in [-0.25, -0.2) is 0 Å². The van der Waals surface area contributed by atoms with Gasteiger partial charge >= 0.3 is 0 Å². The average molecular weight is 402 g/mol. The number of aromatic nitrogens is 1. The summed E-state index contributed by atoms with van der Waals surface area (Å²) in [6.07, 6.45) is -3.53. The summed E-state index contributed by atoms with van der Waals surface area (Å²) < 4.78 is 5.59. The van der Waals surface area contributed by atoms with Crippen molar-refractivity contribution in [3.05, 3.63) is 52.1 Å². The van der Waals surface area contributed by atoms with Crippen LogP contribution >= 0.6 is 11.3 Å². The number of pyridine rings is 1. The minimum Gasteiger partial charge on any atom is -0.394 e. The zero-order chi connectivity index (χ0) is 19.8. The number of benzene rings is 1. The smallest absolute Gasteiger partial charge is 0.257 e. The van der Waals surface area contributed by atoms with Crippen molar-refractivity contribution in [1.82, 2.24) is 4.98 Å². The summed E-state index contributed by atoms with van der Waals surface area (Å²) in [5, 5.41) is 35.8. The third kappa shape index (κ3) is 3.45. The van der Waals surface area contributed by atoms with Crippen molar-refractivity contribution < 1.29 is 20.1 Å². The average Bonchev–Trinajstić information content (AvgIpc) is 3.22. The van der Waals surface area contributed by atoms with Gasteiger partial charge in [-0.05, 0) is 42.0 Å². The minimum atomic E-state index is -1.19. The Hall–Kier alpha value is -2.23. The standard InChI is InChI=1S/C20H22N2O5S/c1-10-17(19(25)18(24)15(9-23)27-10)21-12-5-4-11-7-13(16-3-2-6-28-16)20(26)22-14(11)8-12/h2-8,10,15,17-19,21,23-25H,9H2,1H3,(H,22,26). The lowest BCUT2D eigenvalue weighted by Gasteiger charge is -2.41. The van der Waals surface area contributed by atoms with Crippen LogP contribution in [0.15, 0.2) is 46.6 Å². The zero-order valence-electron chi connectivity index (χ0n) is 15.2. The summed E-state index contributed by atoms with van der Waals surface area (Å²) in [7, 11) is 0. The largest absolute Gasteiger partial charge is 0.394 e. The number of thiophene rings is 1. The second-order valence-corrected chi connectivity index (χ2v) is 7.95. The van der Waals surface area contributed by atoms with Crippen molar-refractivity contribution in [1.29, 1.82) is 0 Å². The Morgan fingerprint density at radius 2 is 2.04 bits per heavy atom. The van der Waals surface area contributed by atoms with Gasteiger partial charge in [0.1, 0.15) is 18.3 Å². The molecular weight excluding hydrogens is 380 g/mol. The summed E-state index contributed by atoms with van der Waals surface area (Å²) >= 11 is 1.51. The van der Waals surface area contributed by atoms with E-state index in [1.807, 2.05) is 35.7 Å². The first-order valence-corrected chi connectivity index (χ1v) is 9.96. The van der Waals surface area contributed by atoms with Crippen molar-refractivity contribution in [2.75, 3.05) is 11.9 Å². The van der Waals surface area contributed by atoms with Crippen LogP contribution in [-0.2, 0) is 4.74 Å². The van der Waals surface area contributed by atoms with Crippen LogP contribution in [0.5, 0.6) is 0 Å². The van der Waals surface area contributed by atoms with Crippen LogP contribution in [0.2, 0.25) is 0 Å². The summed E-state index contributed by atoms with van der Waals surface area (Å²) in [6.45, 7) is 1.41. The van der Waals surface area contributed by atoms with E-state index < -0.39 is 30.5 Å². The predicted octanol–water partition coefficient (Wildman–Crippen LogP) is 1.54. The van der Waals surface area contributed by atoms with Crippen LogP contribution in [-0.4, -0.2) is 57.4 Å². The molecule has 5 N–H and O–H groups in total. The maximum absolute atomic E-state index is 12.5. The topological polar surface area (TPSA) is 115 Å². The Balaban J connectivity index is 1.62. The molecule has 148 valence electrons. The summed E-state index contributed by atoms with van der Waals surface area (Å²) in [5.41, 5.74) is 1.82. The van der Waals surface area contributed by atoms with Crippen molar-refractivity contribution in [3.63, 3.8) is 0 Å². The first-order valence-electron chi connectivity index (χ1n) is 9.08. The molecule has 0 radical (unpaired) electrons. The molecule has 7 nitrogen and oxygen atoms in total. The highest BCUT2D eigenvalue weighted by molar-refractivity contribution is 7.13. The molecule has 0 spiro atoms. The first kappa shape index (κ1) is 19.1. The van der Waals surface area contributed by atoms with Gasteiger partial charge in [-0.2, -0.15) is 0 Å². The molecule has 0 aliphatic carbocycles. The third-order valence-corrected chi connectivity index (χ3v) is 6.04. The van der Waals surface area contributed by atoms with Gasteiger partial charge in [0.25, 0.3) is 5.56 Å². The van der Waals surface area contributed by atoms with Crippen LogP contribution in [0.4, 0.5) is 5.69 Å². The molecule has 1 aromatic carbocycles. The summed E-state index contributed by atoms with van der Waals surface area (Å²) in [5.74, 6) is 0. The number of ether oxygens (including phenoxy) is 1. The molecule has 1 aliphatic rings. The minimum absolute atomic E-state index is 0.164. The first-order chi connectivity index (χ1) is 13.5. The molecule has 2 aromatic heterocycles. The molecule has 1 fully saturated rings. The Kier molecular flexibility index (Phi) is 5.22. The highest BCUT2D eigenvalue weighted by atomic mass is 32.1. The second kappa shape index (κ2) is 7.65. The van der Waals surface area contributed by atoms with E-state index in [2.05, 4.69) is 10.3 Å². The number of rotatable bonds is 4. The molecule has 1 saturated heterocycles. The number of hydrogen-bond acceptors (Lipinski definition) is 7. The molecule has 4 rings (SSSR count). The molecule has 28 heavy (non-hydrogen) atoms. The van der Waals surface area contributed by atoms with E-state index in [1.165, 1.54) is 11.3 Å². The molecule has 3 heterocycles. The SMILES string of the molecule is CC1OC(CO)C(O)C(O)C1Nc1ccc2cc(-c3cccs3)c(=O)[nH]c2c1. The van der Waals surface area contributed by atoms with E-state index in [0.29, 0.717) is 16.8 Å². The fourth-order valence-corrected chi connectivity index (χ4v) is 4.34. The number of nitrogens with one attached hydrogen (secondary N) is 2. The fourth-order valence-electron chi connectivity index (χ4n) is 3.60. The Bertz CT molecular complexity index is 1020. The van der Waals surface area contributed by atoms with Gasteiger partial charge in [-0.15, -0.1) is 11.3 Å². The van der Waals surface area contributed by atoms with Gasteiger partial charge in [0.05, 0.1) is 29.8 Å². The quantitative estimate of drug-likeness (QED) is 0.452. The van der Waals surface area contributed by atoms with Crippen molar-refractivity contribution in [2.24, 2.45) is 0 Å². The van der Waals surface area contributed by atoms with Crippen LogP contribution in [0.25, 0.3) is 21.3 Å². The lowest BCUT2D eigenvalue weighted by molar-refractivity contribution is -0.180. The molecule has 1 aliphatic heterocycles. The van der Waals surface area contributed by atoms with E-state index in [4.69, 9.17) is 4.74 Å². The molecule has 0 amide bonds. The Labute approximate surface area is 165 Å². The molecule has 0 bridgehead atoms. The number of hydrogen-bond donors (Lipinski definition) is 5. The predicted molar refractivity (Wildman–Crippen MR) is 109 cm³/mol. The van der Waals surface area contributed by atoms with E-state index in [-0.39, 0.29) is 12.2 Å². The monoisotopic (exact) mass is 402 g/mol. The van der Waals surface area contributed by atoms with Gasteiger partial charge in [-0.1, -0.05) is 12.1 Å². The lowest BCUT2D eigenvalue weighted by atomic mass is 9.93. The van der Waals surface area contributed by atoms with Crippen LogP contribution in [0.1, 0.15) is 6.92 Å². The second-order valence-electron chi connectivity index (χ2n) is 7.01. The molecule has 5 atom stereocenters. The van der Waals surface area contributed by atoms with Crippen molar-refractivity contribution in [3.8, 4) is 10.4 Å². The Morgan fingerprint density at radius 3 is 2.75 bits per heavy atom. The molecular formula is C20H22N2O5S. The maximum Gasteiger partial charge on any atom is 0.257 e. The van der Waals surface area contributed by atoms with Gasteiger partial charge in [0.15, 0.2) is 0 Å². The van der Waals surface area contributed by atoms with E-state index in [1.54, 1.807) is 13.0 Å². The Morgan fingerprint density at radius 1 is 1.21 bits per heavy atom. The maximum atomic E-state index is 12.5. The fraction of sp³-hybridized carbons (Fsp3) is 0.350. The number of H-pyrrole nitrogens is 1. The molecule has 8 heteroatoms. The van der Waals surface area contributed by atoms with Crippen LogP contribution < -0.4 is 10.9 Å². The highest BCUT2D eigenvalue weighted by Crippen LogP contribution is 2.27. The van der Waals surface area contributed by atoms with E-state index >= 15 is 0 Å².